The van der Waals surface area contributed by atoms with Crippen LogP contribution >= 0.6 is 11.3 Å². The van der Waals surface area contributed by atoms with Crippen LogP contribution < -0.4 is 10.3 Å². The molecule has 4 aromatic heterocycles. The maximum absolute atomic E-state index is 16.0. The highest BCUT2D eigenvalue weighted by atomic mass is 32.1. The van der Waals surface area contributed by atoms with E-state index in [2.05, 4.69) is 6.58 Å². The number of carbonyl (C=O) groups is 1. The number of hydrogen-bond acceptors (Lipinski definition) is 7. The molecule has 0 radical (unpaired) electrons. The van der Waals surface area contributed by atoms with E-state index in [4.69, 9.17) is 19.6 Å². The summed E-state index contributed by atoms with van der Waals surface area (Å²) in [4.78, 5) is 32.1. The SMILES string of the molecule is C=CC(=O)N1CCn2nc(-c3nc(-c4ccc(=O)n(C(C)C)c4)c4ccsc4c3-c3c(F)cc(F)cc3OCCOC)cc2[C@H]1C. The molecule has 1 aliphatic rings. The van der Waals surface area contributed by atoms with Gasteiger partial charge in [0.25, 0.3) is 5.56 Å². The van der Waals surface area contributed by atoms with Crippen molar-refractivity contribution in [2.75, 3.05) is 26.9 Å². The van der Waals surface area contributed by atoms with Crippen molar-refractivity contribution in [2.45, 2.75) is 39.4 Å². The molecule has 0 N–H and O–H groups in total. The first kappa shape index (κ1) is 31.3. The molecule has 238 valence electrons. The van der Waals surface area contributed by atoms with Crippen LogP contribution in [0.3, 0.4) is 0 Å². The van der Waals surface area contributed by atoms with Gasteiger partial charge in [0.15, 0.2) is 0 Å². The molecule has 0 aliphatic carbocycles. The van der Waals surface area contributed by atoms with Crippen molar-refractivity contribution in [3.05, 3.63) is 88.3 Å². The van der Waals surface area contributed by atoms with Crippen molar-refractivity contribution in [1.82, 2.24) is 24.2 Å². The zero-order valence-corrected chi connectivity index (χ0v) is 26.7. The van der Waals surface area contributed by atoms with E-state index in [0.29, 0.717) is 46.0 Å². The summed E-state index contributed by atoms with van der Waals surface area (Å²) < 4.78 is 45.8. The van der Waals surface area contributed by atoms with Crippen LogP contribution in [0, 0.1) is 11.6 Å². The number of ether oxygens (including phenoxy) is 2. The minimum atomic E-state index is -0.814. The molecule has 1 aromatic carbocycles. The lowest BCUT2D eigenvalue weighted by molar-refractivity contribution is -0.129. The molecule has 0 saturated carbocycles. The zero-order valence-electron chi connectivity index (χ0n) is 25.9. The summed E-state index contributed by atoms with van der Waals surface area (Å²) in [6.45, 7) is 10.6. The normalized spacial score (nSPS) is 14.6. The van der Waals surface area contributed by atoms with Gasteiger partial charge in [-0.1, -0.05) is 6.58 Å². The van der Waals surface area contributed by atoms with Gasteiger partial charge in [0, 0.05) is 65.3 Å². The highest BCUT2D eigenvalue weighted by molar-refractivity contribution is 7.18. The van der Waals surface area contributed by atoms with Crippen molar-refractivity contribution < 1.29 is 23.0 Å². The van der Waals surface area contributed by atoms with Gasteiger partial charge >= 0.3 is 0 Å². The maximum atomic E-state index is 16.0. The molecule has 1 amide bonds. The predicted molar refractivity (Wildman–Crippen MR) is 174 cm³/mol. The van der Waals surface area contributed by atoms with Crippen LogP contribution in [-0.2, 0) is 16.1 Å². The second kappa shape index (κ2) is 12.6. The molecule has 0 spiro atoms. The Labute approximate surface area is 268 Å². The number of carbonyl (C=O) groups excluding carboxylic acids is 1. The topological polar surface area (TPSA) is 91.5 Å². The van der Waals surface area contributed by atoms with Crippen LogP contribution in [-0.4, -0.2) is 57.0 Å². The van der Waals surface area contributed by atoms with Crippen molar-refractivity contribution >= 4 is 27.3 Å². The summed E-state index contributed by atoms with van der Waals surface area (Å²) in [7, 11) is 1.51. The van der Waals surface area contributed by atoms with E-state index >= 15 is 4.39 Å². The monoisotopic (exact) mass is 645 g/mol. The number of halogens is 2. The highest BCUT2D eigenvalue weighted by Gasteiger charge is 2.31. The standard InChI is InChI=1S/C34H33F2N5O4S/c1-6-28(42)39-10-11-41-26(20(39)4)17-25(38-41)33-31(30-24(36)15-22(35)16-27(30)45-13-12-44-5)34-23(9-14-46-34)32(37-33)21-7-8-29(43)40(18-21)19(2)3/h6-9,14-20H,1,10-13H2,2-5H3/t20-/m1/s1. The molecule has 0 saturated heterocycles. The molecule has 6 rings (SSSR count). The Morgan fingerprint density at radius 3 is 2.67 bits per heavy atom. The van der Waals surface area contributed by atoms with Gasteiger partial charge in [-0.15, -0.1) is 11.3 Å². The summed E-state index contributed by atoms with van der Waals surface area (Å²) >= 11 is 1.38. The second-order valence-corrected chi connectivity index (χ2v) is 12.2. The fraction of sp³-hybridized carbons (Fsp3) is 0.294. The molecule has 0 bridgehead atoms. The Kier molecular flexibility index (Phi) is 8.58. The van der Waals surface area contributed by atoms with E-state index < -0.39 is 11.6 Å². The third-order valence-electron chi connectivity index (χ3n) is 8.15. The number of nitrogens with zero attached hydrogens (tertiary/aromatic N) is 5. The summed E-state index contributed by atoms with van der Waals surface area (Å²) in [6, 6.07) is 8.56. The number of hydrogen-bond donors (Lipinski definition) is 0. The van der Waals surface area contributed by atoms with E-state index in [1.807, 2.05) is 43.0 Å². The van der Waals surface area contributed by atoms with Gasteiger partial charge in [-0.3, -0.25) is 14.3 Å². The van der Waals surface area contributed by atoms with Crippen molar-refractivity contribution in [3.8, 4) is 39.5 Å². The van der Waals surface area contributed by atoms with E-state index in [-0.39, 0.29) is 48.1 Å². The summed E-state index contributed by atoms with van der Waals surface area (Å²) in [5.74, 6) is -1.77. The lowest BCUT2D eigenvalue weighted by Gasteiger charge is -2.33. The molecular formula is C34H33F2N5O4S. The maximum Gasteiger partial charge on any atom is 0.250 e. The minimum Gasteiger partial charge on any atom is -0.490 e. The van der Waals surface area contributed by atoms with Gasteiger partial charge in [-0.2, -0.15) is 5.10 Å². The molecule has 12 heteroatoms. The molecule has 5 heterocycles. The van der Waals surface area contributed by atoms with Gasteiger partial charge in [-0.25, -0.2) is 13.8 Å². The zero-order chi connectivity index (χ0) is 32.7. The first-order valence-electron chi connectivity index (χ1n) is 14.9. The molecule has 5 aromatic rings. The summed E-state index contributed by atoms with van der Waals surface area (Å²) in [5, 5.41) is 7.51. The summed E-state index contributed by atoms with van der Waals surface area (Å²) in [6.07, 6.45) is 3.06. The fourth-order valence-corrected chi connectivity index (χ4v) is 6.84. The Balaban J connectivity index is 1.65. The number of aromatic nitrogens is 4. The van der Waals surface area contributed by atoms with Gasteiger partial charge in [-0.05, 0) is 50.4 Å². The lowest BCUT2D eigenvalue weighted by Crippen LogP contribution is -2.40. The van der Waals surface area contributed by atoms with E-state index in [1.54, 1.807) is 21.7 Å². The van der Waals surface area contributed by atoms with Gasteiger partial charge < -0.3 is 18.9 Å². The van der Waals surface area contributed by atoms with E-state index in [0.717, 1.165) is 23.2 Å². The average Bonchev–Trinajstić information content (AvgIpc) is 3.69. The Morgan fingerprint density at radius 2 is 1.93 bits per heavy atom. The Bertz CT molecular complexity index is 2030. The second-order valence-electron chi connectivity index (χ2n) is 11.3. The molecular weight excluding hydrogens is 612 g/mol. The average molecular weight is 646 g/mol. The van der Waals surface area contributed by atoms with E-state index in [9.17, 15) is 14.0 Å². The largest absolute Gasteiger partial charge is 0.490 e. The number of amides is 1. The predicted octanol–water partition coefficient (Wildman–Crippen LogP) is 6.63. The van der Waals surface area contributed by atoms with Crippen molar-refractivity contribution in [1.29, 1.82) is 0 Å². The van der Waals surface area contributed by atoms with Gasteiger partial charge in [0.1, 0.15) is 35.4 Å². The number of rotatable bonds is 9. The molecule has 0 fully saturated rings. The van der Waals surface area contributed by atoms with Crippen LogP contribution in [0.4, 0.5) is 8.78 Å². The van der Waals surface area contributed by atoms with Crippen molar-refractivity contribution in [3.63, 3.8) is 0 Å². The first-order chi connectivity index (χ1) is 22.1. The summed E-state index contributed by atoms with van der Waals surface area (Å²) in [5.41, 5.74) is 3.16. The fourth-order valence-electron chi connectivity index (χ4n) is 5.89. The van der Waals surface area contributed by atoms with Gasteiger partial charge in [0.2, 0.25) is 5.91 Å². The lowest BCUT2D eigenvalue weighted by atomic mass is 9.96. The quantitative estimate of drug-likeness (QED) is 0.132. The minimum absolute atomic E-state index is 0.00787. The molecule has 9 nitrogen and oxygen atoms in total. The Morgan fingerprint density at radius 1 is 1.13 bits per heavy atom. The smallest absolute Gasteiger partial charge is 0.250 e. The molecule has 0 unspecified atom stereocenters. The molecule has 1 atom stereocenters. The number of benzene rings is 1. The number of fused-ring (bicyclic) bond motifs is 2. The number of methoxy groups -OCH3 is 1. The first-order valence-corrected chi connectivity index (χ1v) is 15.8. The molecule has 46 heavy (non-hydrogen) atoms. The van der Waals surface area contributed by atoms with Crippen LogP contribution in [0.25, 0.3) is 43.9 Å². The number of thiophene rings is 1. The van der Waals surface area contributed by atoms with Crippen molar-refractivity contribution in [2.24, 2.45) is 0 Å². The van der Waals surface area contributed by atoms with Crippen LogP contribution in [0.1, 0.15) is 38.5 Å². The molecule has 1 aliphatic heterocycles. The Hall–Kier alpha value is -4.68. The van der Waals surface area contributed by atoms with Crippen LogP contribution in [0.15, 0.2) is 65.4 Å². The van der Waals surface area contributed by atoms with Crippen LogP contribution in [0.2, 0.25) is 0 Å². The number of pyridine rings is 2. The van der Waals surface area contributed by atoms with E-state index in [1.165, 1.54) is 30.6 Å². The van der Waals surface area contributed by atoms with Gasteiger partial charge in [0.05, 0.1) is 36.1 Å². The third-order valence-corrected chi connectivity index (χ3v) is 9.08. The third kappa shape index (κ3) is 5.51. The van der Waals surface area contributed by atoms with Crippen LogP contribution in [0.5, 0.6) is 5.75 Å². The highest BCUT2D eigenvalue weighted by Crippen LogP contribution is 2.47.